The molecule has 0 aliphatic carbocycles. The van der Waals surface area contributed by atoms with Crippen molar-refractivity contribution >= 4 is 16.9 Å². The third-order valence-electron chi connectivity index (χ3n) is 5.36. The lowest BCUT2D eigenvalue weighted by molar-refractivity contribution is 0.0952. The number of carbonyl (C=O) groups is 1. The van der Waals surface area contributed by atoms with Crippen molar-refractivity contribution in [1.29, 1.82) is 0 Å². The van der Waals surface area contributed by atoms with Crippen molar-refractivity contribution in [2.45, 2.75) is 52.5 Å². The fraction of sp³-hybridized carbons (Fsp3) is 0.600. The van der Waals surface area contributed by atoms with Crippen LogP contribution in [0.5, 0.6) is 0 Å². The summed E-state index contributed by atoms with van der Waals surface area (Å²) in [6, 6.07) is 1.67. The quantitative estimate of drug-likeness (QED) is 0.693. The molecular formula is C20H29N5O3. The van der Waals surface area contributed by atoms with Crippen LogP contribution in [0.1, 0.15) is 62.0 Å². The van der Waals surface area contributed by atoms with Gasteiger partial charge in [-0.15, -0.1) is 0 Å². The van der Waals surface area contributed by atoms with Crippen LogP contribution in [0.15, 0.2) is 15.7 Å². The van der Waals surface area contributed by atoms with Gasteiger partial charge in [0.05, 0.1) is 10.9 Å². The van der Waals surface area contributed by atoms with Gasteiger partial charge in [0, 0.05) is 18.8 Å². The minimum Gasteiger partial charge on any atom is -0.352 e. The maximum absolute atomic E-state index is 12.9. The van der Waals surface area contributed by atoms with Gasteiger partial charge in [0.25, 0.3) is 11.5 Å². The van der Waals surface area contributed by atoms with Crippen molar-refractivity contribution in [3.8, 4) is 0 Å². The highest BCUT2D eigenvalue weighted by Gasteiger charge is 2.20. The van der Waals surface area contributed by atoms with E-state index in [1.807, 2.05) is 13.8 Å². The van der Waals surface area contributed by atoms with Crippen LogP contribution in [0.3, 0.4) is 0 Å². The number of H-pyrrole nitrogens is 1. The molecule has 0 radical (unpaired) electrons. The van der Waals surface area contributed by atoms with E-state index in [0.29, 0.717) is 24.7 Å². The Morgan fingerprint density at radius 3 is 2.82 bits per heavy atom. The summed E-state index contributed by atoms with van der Waals surface area (Å²) >= 11 is 0. The molecule has 8 nitrogen and oxygen atoms in total. The monoisotopic (exact) mass is 387 g/mol. The van der Waals surface area contributed by atoms with Crippen molar-refractivity contribution in [2.24, 2.45) is 5.92 Å². The molecule has 0 spiro atoms. The fourth-order valence-corrected chi connectivity index (χ4v) is 3.72. The third-order valence-corrected chi connectivity index (χ3v) is 5.36. The predicted molar refractivity (Wildman–Crippen MR) is 109 cm³/mol. The van der Waals surface area contributed by atoms with E-state index in [-0.39, 0.29) is 28.4 Å². The summed E-state index contributed by atoms with van der Waals surface area (Å²) in [6.07, 6.45) is 3.23. The molecule has 3 heterocycles. The summed E-state index contributed by atoms with van der Waals surface area (Å²) in [5.74, 6) is 0.317. The first-order valence-electron chi connectivity index (χ1n) is 10.1. The van der Waals surface area contributed by atoms with Gasteiger partial charge in [-0.1, -0.05) is 13.8 Å². The summed E-state index contributed by atoms with van der Waals surface area (Å²) in [4.78, 5) is 44.4. The molecule has 1 amide bonds. The van der Waals surface area contributed by atoms with Crippen LogP contribution in [0.2, 0.25) is 0 Å². The normalized spacial score (nSPS) is 17.2. The van der Waals surface area contributed by atoms with Crippen LogP contribution in [0.25, 0.3) is 11.0 Å². The van der Waals surface area contributed by atoms with Gasteiger partial charge in [-0.25, -0.2) is 9.78 Å². The molecule has 1 aliphatic rings. The number of pyridine rings is 1. The number of rotatable bonds is 6. The molecule has 3 N–H and O–H groups in total. The summed E-state index contributed by atoms with van der Waals surface area (Å²) < 4.78 is 1.40. The Balaban J connectivity index is 1.95. The highest BCUT2D eigenvalue weighted by Crippen LogP contribution is 2.20. The summed E-state index contributed by atoms with van der Waals surface area (Å²) in [7, 11) is 0. The van der Waals surface area contributed by atoms with Crippen molar-refractivity contribution in [1.82, 2.24) is 25.2 Å². The molecule has 3 rings (SSSR count). The number of hydrogen-bond donors (Lipinski definition) is 3. The Hall–Kier alpha value is -2.48. The molecule has 2 aromatic heterocycles. The number of amides is 1. The number of aromatic nitrogens is 3. The summed E-state index contributed by atoms with van der Waals surface area (Å²) in [6.45, 7) is 8.69. The summed E-state index contributed by atoms with van der Waals surface area (Å²) in [5.41, 5.74) is 0.142. The fourth-order valence-electron chi connectivity index (χ4n) is 3.72. The number of carbonyl (C=O) groups excluding carboxylic acids is 1. The molecule has 1 unspecified atom stereocenters. The van der Waals surface area contributed by atoms with E-state index < -0.39 is 11.2 Å². The van der Waals surface area contributed by atoms with Gasteiger partial charge >= 0.3 is 5.69 Å². The second kappa shape index (κ2) is 8.68. The maximum Gasteiger partial charge on any atom is 0.329 e. The van der Waals surface area contributed by atoms with Crippen LogP contribution in [-0.4, -0.2) is 40.1 Å². The highest BCUT2D eigenvalue weighted by atomic mass is 16.2. The Bertz CT molecular complexity index is 970. The Morgan fingerprint density at radius 2 is 2.18 bits per heavy atom. The average molecular weight is 387 g/mol. The van der Waals surface area contributed by atoms with Crippen LogP contribution >= 0.6 is 0 Å². The number of nitrogens with zero attached hydrogens (tertiary/aromatic N) is 2. The minimum atomic E-state index is -0.575. The zero-order valence-electron chi connectivity index (χ0n) is 16.8. The van der Waals surface area contributed by atoms with E-state index in [4.69, 9.17) is 0 Å². The molecule has 28 heavy (non-hydrogen) atoms. The lowest BCUT2D eigenvalue weighted by Gasteiger charge is -2.22. The van der Waals surface area contributed by atoms with Crippen molar-refractivity contribution in [3.05, 3.63) is 38.2 Å². The van der Waals surface area contributed by atoms with Gasteiger partial charge < -0.3 is 10.6 Å². The molecule has 2 aromatic rings. The topological polar surface area (TPSA) is 109 Å². The summed E-state index contributed by atoms with van der Waals surface area (Å²) in [5, 5.41) is 6.49. The van der Waals surface area contributed by atoms with Gasteiger partial charge in [0.2, 0.25) is 0 Å². The SMILES string of the molecule is CCn1c(=O)[nH]c(=O)c2c(C(=O)NCCC3CCCNC3)cc(C(C)C)nc21. The van der Waals surface area contributed by atoms with Gasteiger partial charge in [0.1, 0.15) is 0 Å². The Morgan fingerprint density at radius 1 is 1.39 bits per heavy atom. The van der Waals surface area contributed by atoms with E-state index in [1.165, 1.54) is 11.0 Å². The van der Waals surface area contributed by atoms with E-state index >= 15 is 0 Å². The highest BCUT2D eigenvalue weighted by molar-refractivity contribution is 6.05. The number of aromatic amines is 1. The number of aryl methyl sites for hydroxylation is 1. The van der Waals surface area contributed by atoms with Crippen LogP contribution in [0, 0.1) is 5.92 Å². The number of nitrogens with one attached hydrogen (secondary N) is 3. The molecule has 0 bridgehead atoms. The zero-order chi connectivity index (χ0) is 20.3. The van der Waals surface area contributed by atoms with Crippen LogP contribution < -0.4 is 21.9 Å². The second-order valence-electron chi connectivity index (χ2n) is 7.71. The van der Waals surface area contributed by atoms with E-state index in [2.05, 4.69) is 20.6 Å². The van der Waals surface area contributed by atoms with Gasteiger partial charge in [-0.05, 0) is 57.2 Å². The van der Waals surface area contributed by atoms with E-state index in [9.17, 15) is 14.4 Å². The van der Waals surface area contributed by atoms with Gasteiger partial charge in [-0.2, -0.15) is 0 Å². The molecule has 8 heteroatoms. The van der Waals surface area contributed by atoms with Crippen molar-refractivity contribution in [3.63, 3.8) is 0 Å². The van der Waals surface area contributed by atoms with Gasteiger partial charge in [0.15, 0.2) is 5.65 Å². The first kappa shape index (κ1) is 20.3. The molecule has 1 saturated heterocycles. The molecule has 0 saturated carbocycles. The average Bonchev–Trinajstić information content (AvgIpc) is 2.68. The maximum atomic E-state index is 12.9. The third kappa shape index (κ3) is 4.16. The van der Waals surface area contributed by atoms with Crippen LogP contribution in [0.4, 0.5) is 0 Å². The Labute approximate surface area is 163 Å². The largest absolute Gasteiger partial charge is 0.352 e. The smallest absolute Gasteiger partial charge is 0.329 e. The van der Waals surface area contributed by atoms with Crippen LogP contribution in [-0.2, 0) is 6.54 Å². The number of hydrogen-bond acceptors (Lipinski definition) is 5. The molecular weight excluding hydrogens is 358 g/mol. The molecule has 1 aliphatic heterocycles. The molecule has 0 aromatic carbocycles. The zero-order valence-corrected chi connectivity index (χ0v) is 16.8. The molecule has 1 fully saturated rings. The van der Waals surface area contributed by atoms with Crippen molar-refractivity contribution in [2.75, 3.05) is 19.6 Å². The lowest BCUT2D eigenvalue weighted by Crippen LogP contribution is -2.35. The van der Waals surface area contributed by atoms with Gasteiger partial charge in [-0.3, -0.25) is 19.1 Å². The lowest BCUT2D eigenvalue weighted by atomic mass is 9.96. The second-order valence-corrected chi connectivity index (χ2v) is 7.71. The van der Waals surface area contributed by atoms with E-state index in [0.717, 1.165) is 25.9 Å². The first-order valence-corrected chi connectivity index (χ1v) is 10.1. The minimum absolute atomic E-state index is 0.0592. The first-order chi connectivity index (χ1) is 13.4. The van der Waals surface area contributed by atoms with E-state index in [1.54, 1.807) is 13.0 Å². The number of fused-ring (bicyclic) bond motifs is 1. The number of piperidine rings is 1. The standard InChI is InChI=1S/C20H29N5O3/c1-4-25-17-16(19(27)24-20(25)28)14(10-15(23-17)12(2)3)18(26)22-9-7-13-6-5-8-21-11-13/h10,12-13,21H,4-9,11H2,1-3H3,(H,22,26)(H,24,27,28). The molecule has 152 valence electrons. The molecule has 1 atom stereocenters. The Kier molecular flexibility index (Phi) is 6.28. The predicted octanol–water partition coefficient (Wildman–Crippen LogP) is 1.35. The van der Waals surface area contributed by atoms with Crippen molar-refractivity contribution < 1.29 is 4.79 Å².